The van der Waals surface area contributed by atoms with Gasteiger partial charge in [-0.2, -0.15) is 9.97 Å². The number of furan rings is 4. The van der Waals surface area contributed by atoms with Gasteiger partial charge in [-0.25, -0.2) is 4.98 Å². The quantitative estimate of drug-likeness (QED) is 0.171. The zero-order valence-electron chi connectivity index (χ0n) is 31.1. The van der Waals surface area contributed by atoms with Gasteiger partial charge < -0.3 is 17.7 Å². The molecule has 0 unspecified atom stereocenters. The molecule has 0 spiro atoms. The molecule has 0 saturated carbocycles. The van der Waals surface area contributed by atoms with E-state index in [4.69, 9.17) is 32.6 Å². The van der Waals surface area contributed by atoms with Gasteiger partial charge in [0.15, 0.2) is 11.6 Å². The molecule has 5 aromatic heterocycles. The first kappa shape index (κ1) is 31.9. The van der Waals surface area contributed by atoms with Gasteiger partial charge in [-0.1, -0.05) is 84.9 Å². The summed E-state index contributed by atoms with van der Waals surface area (Å²) in [7, 11) is 0. The standard InChI is InChI=1S/C51H28N4O4/c1-8-19-44-32(10-1)36-14-9-15-37(48(36)59-44)50-52-49(29-20-23-45-38(26-29)33-11-2-5-16-41(33)56-45)53-51(54-50)55(30-21-24-46-39(27-30)34-12-3-6-17-42(34)57-46)31-22-25-47-40(28-31)35-13-4-7-18-43(35)58-47/h1-28H. The van der Waals surface area contributed by atoms with Crippen LogP contribution >= 0.6 is 0 Å². The van der Waals surface area contributed by atoms with Crippen molar-refractivity contribution in [1.29, 1.82) is 0 Å². The van der Waals surface area contributed by atoms with Gasteiger partial charge in [0.1, 0.15) is 44.7 Å². The van der Waals surface area contributed by atoms with Crippen LogP contribution in [0.1, 0.15) is 0 Å². The first-order valence-electron chi connectivity index (χ1n) is 19.4. The van der Waals surface area contributed by atoms with Crippen LogP contribution in [0.15, 0.2) is 188 Å². The van der Waals surface area contributed by atoms with Crippen molar-refractivity contribution >= 4 is 105 Å². The van der Waals surface area contributed by atoms with Crippen molar-refractivity contribution in [1.82, 2.24) is 15.0 Å². The van der Waals surface area contributed by atoms with Crippen LogP contribution in [0.5, 0.6) is 0 Å². The van der Waals surface area contributed by atoms with Crippen molar-refractivity contribution in [2.24, 2.45) is 0 Å². The van der Waals surface area contributed by atoms with Gasteiger partial charge >= 0.3 is 0 Å². The first-order chi connectivity index (χ1) is 29.2. The van der Waals surface area contributed by atoms with Crippen LogP contribution in [0, 0.1) is 0 Å². The third-order valence-electron chi connectivity index (χ3n) is 11.3. The van der Waals surface area contributed by atoms with Crippen molar-refractivity contribution in [3.8, 4) is 22.8 Å². The van der Waals surface area contributed by atoms with Crippen molar-refractivity contribution in [2.75, 3.05) is 4.90 Å². The van der Waals surface area contributed by atoms with E-state index in [-0.39, 0.29) is 0 Å². The van der Waals surface area contributed by atoms with Gasteiger partial charge in [-0.15, -0.1) is 0 Å². The molecule has 8 nitrogen and oxygen atoms in total. The summed E-state index contributed by atoms with van der Waals surface area (Å²) in [6, 6.07) is 57.0. The second kappa shape index (κ2) is 12.1. The number of anilines is 3. The predicted octanol–water partition coefficient (Wildman–Crippen LogP) is 14.3. The first-order valence-corrected chi connectivity index (χ1v) is 19.4. The van der Waals surface area contributed by atoms with E-state index in [1.807, 2.05) is 109 Å². The van der Waals surface area contributed by atoms with Crippen molar-refractivity contribution in [3.63, 3.8) is 0 Å². The Bertz CT molecular complexity index is 3720. The van der Waals surface area contributed by atoms with Crippen LogP contribution in [0.4, 0.5) is 17.3 Å². The third kappa shape index (κ3) is 4.87. The Morgan fingerprint density at radius 1 is 0.322 bits per heavy atom. The van der Waals surface area contributed by atoms with E-state index >= 15 is 0 Å². The average molecular weight is 761 g/mol. The van der Waals surface area contributed by atoms with Crippen LogP contribution in [0.25, 0.3) is 111 Å². The molecule has 0 radical (unpaired) electrons. The molecule has 13 rings (SSSR count). The van der Waals surface area contributed by atoms with Gasteiger partial charge in [0.25, 0.3) is 0 Å². The molecule has 0 aliphatic carbocycles. The van der Waals surface area contributed by atoms with E-state index in [2.05, 4.69) is 65.6 Å². The Morgan fingerprint density at radius 3 is 1.34 bits per heavy atom. The normalized spacial score (nSPS) is 12.1. The Balaban J connectivity index is 1.10. The van der Waals surface area contributed by atoms with Crippen molar-refractivity contribution < 1.29 is 17.7 Å². The lowest BCUT2D eigenvalue weighted by Crippen LogP contribution is -2.15. The van der Waals surface area contributed by atoms with Gasteiger partial charge in [0, 0.05) is 60.0 Å². The van der Waals surface area contributed by atoms with Crippen LogP contribution in [0.2, 0.25) is 0 Å². The molecule has 0 amide bonds. The number of hydrogen-bond acceptors (Lipinski definition) is 8. The molecule has 0 fully saturated rings. The highest BCUT2D eigenvalue weighted by atomic mass is 16.3. The Morgan fingerprint density at radius 2 is 0.763 bits per heavy atom. The molecule has 0 N–H and O–H groups in total. The lowest BCUT2D eigenvalue weighted by Gasteiger charge is -2.24. The molecule has 0 aliphatic rings. The molecule has 13 aromatic rings. The highest BCUT2D eigenvalue weighted by molar-refractivity contribution is 6.11. The fraction of sp³-hybridized carbons (Fsp3) is 0. The molecule has 5 heterocycles. The summed E-state index contributed by atoms with van der Waals surface area (Å²) >= 11 is 0. The molecular weight excluding hydrogens is 733 g/mol. The van der Waals surface area contributed by atoms with Gasteiger partial charge in [0.2, 0.25) is 5.95 Å². The summed E-state index contributed by atoms with van der Waals surface area (Å²) in [4.78, 5) is 18.0. The third-order valence-corrected chi connectivity index (χ3v) is 11.3. The molecular formula is C51H28N4O4. The summed E-state index contributed by atoms with van der Waals surface area (Å²) < 4.78 is 25.3. The van der Waals surface area contributed by atoms with Crippen molar-refractivity contribution in [2.45, 2.75) is 0 Å². The van der Waals surface area contributed by atoms with Gasteiger partial charge in [-0.3, -0.25) is 4.90 Å². The van der Waals surface area contributed by atoms with E-state index in [1.165, 1.54) is 0 Å². The van der Waals surface area contributed by atoms with E-state index < -0.39 is 0 Å². The Labute approximate surface area is 334 Å². The minimum atomic E-state index is 0.426. The molecule has 8 aromatic carbocycles. The topological polar surface area (TPSA) is 94.5 Å². The lowest BCUT2D eigenvalue weighted by molar-refractivity contribution is 0.668. The average Bonchev–Trinajstić information content (AvgIpc) is 4.06. The minimum absolute atomic E-state index is 0.426. The lowest BCUT2D eigenvalue weighted by atomic mass is 10.1. The summed E-state index contributed by atoms with van der Waals surface area (Å²) in [5.41, 5.74) is 9.61. The highest BCUT2D eigenvalue weighted by Gasteiger charge is 2.24. The zero-order chi connectivity index (χ0) is 38.6. The highest BCUT2D eigenvalue weighted by Crippen LogP contribution is 2.42. The molecule has 0 bridgehead atoms. The fourth-order valence-electron chi connectivity index (χ4n) is 8.59. The number of rotatable bonds is 5. The maximum absolute atomic E-state index is 6.56. The van der Waals surface area contributed by atoms with E-state index in [0.29, 0.717) is 23.2 Å². The van der Waals surface area contributed by atoms with E-state index in [0.717, 1.165) is 105 Å². The summed E-state index contributed by atoms with van der Waals surface area (Å²) in [5, 5.41) is 8.03. The fourth-order valence-corrected chi connectivity index (χ4v) is 8.59. The van der Waals surface area contributed by atoms with Crippen LogP contribution < -0.4 is 4.90 Å². The largest absolute Gasteiger partial charge is 0.456 e. The maximum Gasteiger partial charge on any atom is 0.238 e. The summed E-state index contributed by atoms with van der Waals surface area (Å²) in [6.07, 6.45) is 0. The Kier molecular flexibility index (Phi) is 6.56. The van der Waals surface area contributed by atoms with Gasteiger partial charge in [0.05, 0.1) is 5.56 Å². The van der Waals surface area contributed by atoms with Crippen LogP contribution in [-0.2, 0) is 0 Å². The molecule has 59 heavy (non-hydrogen) atoms. The van der Waals surface area contributed by atoms with Crippen LogP contribution in [-0.4, -0.2) is 15.0 Å². The minimum Gasteiger partial charge on any atom is -0.456 e. The molecule has 276 valence electrons. The predicted molar refractivity (Wildman–Crippen MR) is 234 cm³/mol. The zero-order valence-corrected chi connectivity index (χ0v) is 31.1. The number of hydrogen-bond donors (Lipinski definition) is 0. The second-order valence-electron chi connectivity index (χ2n) is 14.8. The number of para-hydroxylation sites is 5. The Hall–Kier alpha value is -8.23. The second-order valence-corrected chi connectivity index (χ2v) is 14.8. The molecule has 0 saturated heterocycles. The number of nitrogens with zero attached hydrogens (tertiary/aromatic N) is 4. The maximum atomic E-state index is 6.56. The number of fused-ring (bicyclic) bond motifs is 12. The van der Waals surface area contributed by atoms with Crippen molar-refractivity contribution in [3.05, 3.63) is 170 Å². The number of aromatic nitrogens is 3. The summed E-state index contributed by atoms with van der Waals surface area (Å²) in [6.45, 7) is 0. The van der Waals surface area contributed by atoms with E-state index in [9.17, 15) is 0 Å². The number of benzene rings is 8. The summed E-state index contributed by atoms with van der Waals surface area (Å²) in [5.74, 6) is 1.40. The monoisotopic (exact) mass is 760 g/mol. The molecule has 0 aliphatic heterocycles. The molecule has 0 atom stereocenters. The smallest absolute Gasteiger partial charge is 0.238 e. The van der Waals surface area contributed by atoms with Gasteiger partial charge in [-0.05, 0) is 84.9 Å². The van der Waals surface area contributed by atoms with E-state index in [1.54, 1.807) is 0 Å². The molecule has 8 heteroatoms. The van der Waals surface area contributed by atoms with Crippen LogP contribution in [0.3, 0.4) is 0 Å². The SMILES string of the molecule is c1ccc2c(c1)oc1ccc(-c3nc(-c4cccc5c4oc4ccccc45)nc(N(c4ccc5oc6ccccc6c5c4)c4ccc5oc6ccccc6c5c4)n3)cc12.